The number of aromatic nitrogens is 1. The lowest BCUT2D eigenvalue weighted by molar-refractivity contribution is -0.128. The average molecular weight is 325 g/mol. The van der Waals surface area contributed by atoms with Crippen LogP contribution < -0.4 is 5.32 Å². The molecule has 6 heteroatoms. The number of carbonyl (C=O) groups excluding carboxylic acids is 2. The van der Waals surface area contributed by atoms with Gasteiger partial charge in [-0.3, -0.25) is 14.6 Å². The van der Waals surface area contributed by atoms with E-state index in [0.717, 1.165) is 5.56 Å². The second-order valence-electron chi connectivity index (χ2n) is 6.04. The molecule has 0 radical (unpaired) electrons. The molecule has 0 aliphatic carbocycles. The van der Waals surface area contributed by atoms with Gasteiger partial charge in [0, 0.05) is 25.7 Å². The van der Waals surface area contributed by atoms with Gasteiger partial charge in [-0.2, -0.15) is 0 Å². The molecule has 1 aliphatic rings. The molecule has 0 spiro atoms. The summed E-state index contributed by atoms with van der Waals surface area (Å²) in [6.45, 7) is 2.90. The Kier molecular flexibility index (Phi) is 4.46. The molecule has 2 N–H and O–H groups in total. The minimum absolute atomic E-state index is 0.0327. The first-order valence-electron chi connectivity index (χ1n) is 7.80. The van der Waals surface area contributed by atoms with E-state index in [4.69, 9.17) is 0 Å². The lowest BCUT2D eigenvalue weighted by Crippen LogP contribution is -2.28. The van der Waals surface area contributed by atoms with Crippen molar-refractivity contribution in [3.05, 3.63) is 53.9 Å². The van der Waals surface area contributed by atoms with E-state index in [-0.39, 0.29) is 24.0 Å². The van der Waals surface area contributed by atoms with E-state index in [0.29, 0.717) is 18.8 Å². The van der Waals surface area contributed by atoms with Crippen LogP contribution in [0.3, 0.4) is 0 Å². The normalized spacial score (nSPS) is 17.1. The fourth-order valence-electron chi connectivity index (χ4n) is 2.74. The quantitative estimate of drug-likeness (QED) is 0.901. The second-order valence-corrected chi connectivity index (χ2v) is 6.04. The Balaban J connectivity index is 1.62. The second kappa shape index (κ2) is 6.70. The van der Waals surface area contributed by atoms with Crippen molar-refractivity contribution < 1.29 is 14.7 Å². The van der Waals surface area contributed by atoms with Gasteiger partial charge in [0.15, 0.2) is 5.75 Å². The van der Waals surface area contributed by atoms with Gasteiger partial charge in [-0.25, -0.2) is 0 Å². The summed E-state index contributed by atoms with van der Waals surface area (Å²) in [7, 11) is 0. The SMILES string of the molecule is Cc1ccc(CN2CC(C(=O)Nc3ccncc3O)CC2=O)cc1. The fraction of sp³-hybridized carbons (Fsp3) is 0.278. The third-order valence-electron chi connectivity index (χ3n) is 4.14. The Morgan fingerprint density at radius 3 is 2.79 bits per heavy atom. The number of anilines is 1. The number of nitrogens with one attached hydrogen (secondary N) is 1. The zero-order chi connectivity index (χ0) is 17.1. The maximum absolute atomic E-state index is 12.3. The summed E-state index contributed by atoms with van der Waals surface area (Å²) in [6, 6.07) is 9.52. The predicted molar refractivity (Wildman–Crippen MR) is 89.2 cm³/mol. The molecule has 1 aliphatic heterocycles. The first-order valence-corrected chi connectivity index (χ1v) is 7.80. The van der Waals surface area contributed by atoms with Crippen molar-refractivity contribution in [2.75, 3.05) is 11.9 Å². The predicted octanol–water partition coefficient (Wildman–Crippen LogP) is 2.08. The standard InChI is InChI=1S/C18H19N3O3/c1-12-2-4-13(5-3-12)10-21-11-14(8-17(21)23)18(24)20-15-6-7-19-9-16(15)22/h2-7,9,14,22H,8,10-11H2,1H3,(H,19,20,24). The highest BCUT2D eigenvalue weighted by Crippen LogP contribution is 2.25. The van der Waals surface area contributed by atoms with Crippen molar-refractivity contribution in [3.63, 3.8) is 0 Å². The highest BCUT2D eigenvalue weighted by Gasteiger charge is 2.34. The summed E-state index contributed by atoms with van der Waals surface area (Å²) in [5, 5.41) is 12.3. The van der Waals surface area contributed by atoms with Crippen molar-refractivity contribution in [1.29, 1.82) is 0 Å². The number of hydrogen-bond donors (Lipinski definition) is 2. The van der Waals surface area contributed by atoms with E-state index in [2.05, 4.69) is 10.3 Å². The maximum Gasteiger partial charge on any atom is 0.229 e. The number of benzene rings is 1. The average Bonchev–Trinajstić information content (AvgIpc) is 2.93. The lowest BCUT2D eigenvalue weighted by atomic mass is 10.1. The number of hydrogen-bond acceptors (Lipinski definition) is 4. The lowest BCUT2D eigenvalue weighted by Gasteiger charge is -2.17. The smallest absolute Gasteiger partial charge is 0.229 e. The molecule has 1 saturated heterocycles. The molecule has 0 saturated carbocycles. The first kappa shape index (κ1) is 16.0. The Morgan fingerprint density at radius 1 is 1.33 bits per heavy atom. The van der Waals surface area contributed by atoms with E-state index in [1.807, 2.05) is 31.2 Å². The molecule has 1 unspecified atom stereocenters. The number of amides is 2. The summed E-state index contributed by atoms with van der Waals surface area (Å²) in [5.41, 5.74) is 2.52. The molecule has 0 bridgehead atoms. The maximum atomic E-state index is 12.3. The van der Waals surface area contributed by atoms with Gasteiger partial charge in [-0.1, -0.05) is 29.8 Å². The Morgan fingerprint density at radius 2 is 2.08 bits per heavy atom. The van der Waals surface area contributed by atoms with Crippen LogP contribution in [0.15, 0.2) is 42.7 Å². The summed E-state index contributed by atoms with van der Waals surface area (Å²) in [6.07, 6.45) is 2.93. The van der Waals surface area contributed by atoms with Crippen LogP contribution in [0.2, 0.25) is 0 Å². The molecule has 1 aromatic carbocycles. The summed E-state index contributed by atoms with van der Waals surface area (Å²) in [5.74, 6) is -0.812. The van der Waals surface area contributed by atoms with Gasteiger partial charge < -0.3 is 15.3 Å². The number of carbonyl (C=O) groups is 2. The van der Waals surface area contributed by atoms with Crippen LogP contribution in [0.5, 0.6) is 5.75 Å². The van der Waals surface area contributed by atoms with E-state index in [9.17, 15) is 14.7 Å². The van der Waals surface area contributed by atoms with Gasteiger partial charge in [0.25, 0.3) is 0 Å². The molecule has 124 valence electrons. The first-order chi connectivity index (χ1) is 11.5. The Bertz CT molecular complexity index is 758. The molecule has 24 heavy (non-hydrogen) atoms. The summed E-state index contributed by atoms with van der Waals surface area (Å²) >= 11 is 0. The molecule has 3 rings (SSSR count). The third-order valence-corrected chi connectivity index (χ3v) is 4.14. The van der Waals surface area contributed by atoms with Gasteiger partial charge in [0.2, 0.25) is 11.8 Å². The summed E-state index contributed by atoms with van der Waals surface area (Å²) < 4.78 is 0. The van der Waals surface area contributed by atoms with Crippen LogP contribution in [0.25, 0.3) is 0 Å². The van der Waals surface area contributed by atoms with Gasteiger partial charge in [-0.15, -0.1) is 0 Å². The molecular weight excluding hydrogens is 306 g/mol. The topological polar surface area (TPSA) is 82.5 Å². The molecule has 1 atom stereocenters. The summed E-state index contributed by atoms with van der Waals surface area (Å²) in [4.78, 5) is 30.0. The Hall–Kier alpha value is -2.89. The fourth-order valence-corrected chi connectivity index (χ4v) is 2.74. The van der Waals surface area contributed by atoms with Crippen molar-refractivity contribution in [3.8, 4) is 5.75 Å². The minimum atomic E-state index is -0.421. The third kappa shape index (κ3) is 3.53. The van der Waals surface area contributed by atoms with Crippen LogP contribution in [0, 0.1) is 12.8 Å². The molecule has 2 aromatic rings. The van der Waals surface area contributed by atoms with Crippen molar-refractivity contribution in [2.24, 2.45) is 5.92 Å². The molecule has 1 fully saturated rings. The zero-order valence-corrected chi connectivity index (χ0v) is 13.4. The van der Waals surface area contributed by atoms with Gasteiger partial charge >= 0.3 is 0 Å². The van der Waals surface area contributed by atoms with Crippen molar-refractivity contribution in [1.82, 2.24) is 9.88 Å². The van der Waals surface area contributed by atoms with Crippen LogP contribution in [-0.2, 0) is 16.1 Å². The number of rotatable bonds is 4. The van der Waals surface area contributed by atoms with Crippen molar-refractivity contribution >= 4 is 17.5 Å². The van der Waals surface area contributed by atoms with Gasteiger partial charge in [-0.05, 0) is 18.6 Å². The number of pyridine rings is 1. The largest absolute Gasteiger partial charge is 0.504 e. The monoisotopic (exact) mass is 325 g/mol. The molecule has 2 amide bonds. The highest BCUT2D eigenvalue weighted by atomic mass is 16.3. The van der Waals surface area contributed by atoms with E-state index in [1.54, 1.807) is 4.90 Å². The van der Waals surface area contributed by atoms with Crippen LogP contribution in [0.1, 0.15) is 17.5 Å². The number of aromatic hydroxyl groups is 1. The zero-order valence-electron chi connectivity index (χ0n) is 13.4. The number of nitrogens with zero attached hydrogens (tertiary/aromatic N) is 2. The van der Waals surface area contributed by atoms with Crippen molar-refractivity contribution in [2.45, 2.75) is 19.9 Å². The number of likely N-dealkylation sites (tertiary alicyclic amines) is 1. The van der Waals surface area contributed by atoms with Gasteiger partial charge in [0.1, 0.15) is 0 Å². The van der Waals surface area contributed by atoms with E-state index < -0.39 is 5.92 Å². The van der Waals surface area contributed by atoms with E-state index in [1.165, 1.54) is 24.0 Å². The molecule has 1 aromatic heterocycles. The minimum Gasteiger partial charge on any atom is -0.504 e. The van der Waals surface area contributed by atoms with Crippen LogP contribution in [-0.4, -0.2) is 33.3 Å². The molecule has 2 heterocycles. The highest BCUT2D eigenvalue weighted by molar-refractivity contribution is 5.97. The van der Waals surface area contributed by atoms with Crippen LogP contribution >= 0.6 is 0 Å². The Labute approximate surface area is 140 Å². The van der Waals surface area contributed by atoms with Crippen LogP contribution in [0.4, 0.5) is 5.69 Å². The van der Waals surface area contributed by atoms with Gasteiger partial charge in [0.05, 0.1) is 17.8 Å². The van der Waals surface area contributed by atoms with E-state index >= 15 is 0 Å². The molecule has 6 nitrogen and oxygen atoms in total. The molecular formula is C18H19N3O3. The number of aryl methyl sites for hydroxylation is 1.